The van der Waals surface area contributed by atoms with Gasteiger partial charge in [-0.05, 0) is 66.9 Å². The number of aryl methyl sites for hydroxylation is 2. The van der Waals surface area contributed by atoms with Gasteiger partial charge in [0.05, 0.1) is 22.7 Å². The number of nitrogens with zero attached hydrogens (tertiary/aromatic N) is 2. The number of benzene rings is 3. The molecule has 34 heavy (non-hydrogen) atoms. The molecule has 0 aliphatic rings. The summed E-state index contributed by atoms with van der Waals surface area (Å²) in [6, 6.07) is 19.4. The van der Waals surface area contributed by atoms with E-state index in [0.717, 1.165) is 33.5 Å². The predicted octanol–water partition coefficient (Wildman–Crippen LogP) is 4.54. The number of thiazole rings is 1. The van der Waals surface area contributed by atoms with Crippen molar-refractivity contribution in [2.45, 2.75) is 13.8 Å². The van der Waals surface area contributed by atoms with Gasteiger partial charge in [-0.1, -0.05) is 41.7 Å². The molecule has 3 aromatic carbocycles. The molecule has 5 rings (SSSR count). The van der Waals surface area contributed by atoms with Gasteiger partial charge in [-0.2, -0.15) is 0 Å². The van der Waals surface area contributed by atoms with Crippen molar-refractivity contribution in [3.63, 3.8) is 0 Å². The molecule has 0 amide bonds. The summed E-state index contributed by atoms with van der Waals surface area (Å²) in [5.74, 6) is 2.09. The fourth-order valence-electron chi connectivity index (χ4n) is 3.82. The highest BCUT2D eigenvalue weighted by atomic mass is 32.1. The van der Waals surface area contributed by atoms with Gasteiger partial charge in [0.2, 0.25) is 0 Å². The standard InChI is InChI=1S/C27H24N2O4S/c1-17-8-9-18(2)23(14-17)33-13-12-32-22-11-10-19(15-24(22)31-3)16-25-26(30)29-21-7-5-4-6-20(21)28-27(29)34-25/h4-11,14-16H,12-13H2,1-3H3. The third kappa shape index (κ3) is 4.22. The Hall–Kier alpha value is -3.84. The maximum atomic E-state index is 13.0. The molecular formula is C27H24N2O4S. The van der Waals surface area contributed by atoms with E-state index in [1.54, 1.807) is 11.5 Å². The zero-order valence-corrected chi connectivity index (χ0v) is 20.0. The van der Waals surface area contributed by atoms with Gasteiger partial charge in [0.15, 0.2) is 16.5 Å². The number of hydrogen-bond acceptors (Lipinski definition) is 6. The second kappa shape index (κ2) is 9.19. The van der Waals surface area contributed by atoms with E-state index < -0.39 is 0 Å². The predicted molar refractivity (Wildman–Crippen MR) is 136 cm³/mol. The van der Waals surface area contributed by atoms with Crippen molar-refractivity contribution in [2.75, 3.05) is 20.3 Å². The van der Waals surface area contributed by atoms with E-state index in [-0.39, 0.29) is 5.56 Å². The van der Waals surface area contributed by atoms with Crippen LogP contribution in [0.5, 0.6) is 17.2 Å². The maximum absolute atomic E-state index is 13.0. The Morgan fingerprint density at radius 2 is 1.74 bits per heavy atom. The molecule has 0 saturated heterocycles. The summed E-state index contributed by atoms with van der Waals surface area (Å²) in [6.45, 7) is 4.86. The lowest BCUT2D eigenvalue weighted by atomic mass is 10.1. The number of para-hydroxylation sites is 2. The van der Waals surface area contributed by atoms with Gasteiger partial charge in [0.25, 0.3) is 5.56 Å². The Bertz CT molecular complexity index is 1600. The largest absolute Gasteiger partial charge is 0.493 e. The van der Waals surface area contributed by atoms with Crippen molar-refractivity contribution in [3.05, 3.63) is 92.2 Å². The van der Waals surface area contributed by atoms with E-state index in [4.69, 9.17) is 14.2 Å². The van der Waals surface area contributed by atoms with E-state index in [9.17, 15) is 4.79 Å². The molecule has 7 heteroatoms. The Morgan fingerprint density at radius 3 is 2.56 bits per heavy atom. The van der Waals surface area contributed by atoms with E-state index in [0.29, 0.717) is 34.2 Å². The summed E-state index contributed by atoms with van der Waals surface area (Å²) in [5, 5.41) is 0. The number of imidazole rings is 1. The molecule has 0 spiro atoms. The zero-order chi connectivity index (χ0) is 23.7. The first-order valence-corrected chi connectivity index (χ1v) is 11.8. The molecule has 0 bridgehead atoms. The van der Waals surface area contributed by atoms with Crippen molar-refractivity contribution in [2.24, 2.45) is 0 Å². The highest BCUT2D eigenvalue weighted by Gasteiger charge is 2.11. The lowest BCUT2D eigenvalue weighted by Gasteiger charge is -2.13. The van der Waals surface area contributed by atoms with E-state index in [1.807, 2.05) is 74.5 Å². The average Bonchev–Trinajstić information content (AvgIpc) is 3.35. The Labute approximate surface area is 200 Å². The Morgan fingerprint density at radius 1 is 0.941 bits per heavy atom. The molecule has 0 aliphatic heterocycles. The van der Waals surface area contributed by atoms with Crippen LogP contribution in [-0.4, -0.2) is 29.7 Å². The lowest BCUT2D eigenvalue weighted by Crippen LogP contribution is -2.22. The number of aromatic nitrogens is 2. The second-order valence-electron chi connectivity index (χ2n) is 8.01. The average molecular weight is 473 g/mol. The quantitative estimate of drug-likeness (QED) is 0.326. The van der Waals surface area contributed by atoms with Gasteiger partial charge in [-0.15, -0.1) is 0 Å². The molecule has 0 radical (unpaired) electrons. The van der Waals surface area contributed by atoms with Crippen LogP contribution in [0.4, 0.5) is 0 Å². The van der Waals surface area contributed by atoms with Crippen molar-refractivity contribution in [1.82, 2.24) is 9.38 Å². The fourth-order valence-corrected chi connectivity index (χ4v) is 4.81. The van der Waals surface area contributed by atoms with Crippen LogP contribution in [0, 0.1) is 13.8 Å². The number of ether oxygens (including phenoxy) is 3. The smallest absolute Gasteiger partial charge is 0.274 e. The van der Waals surface area contributed by atoms with Gasteiger partial charge in [-0.25, -0.2) is 9.38 Å². The molecule has 0 atom stereocenters. The molecule has 5 aromatic rings. The van der Waals surface area contributed by atoms with Gasteiger partial charge >= 0.3 is 0 Å². The first kappa shape index (κ1) is 22.0. The SMILES string of the molecule is COc1cc(C=c2sc3nc4ccccc4n3c2=O)ccc1OCCOc1cc(C)ccc1C. The number of rotatable bonds is 7. The minimum atomic E-state index is -0.0726. The summed E-state index contributed by atoms with van der Waals surface area (Å²) in [5.41, 5.74) is 4.67. The zero-order valence-electron chi connectivity index (χ0n) is 19.2. The number of hydrogen-bond donors (Lipinski definition) is 0. The van der Waals surface area contributed by atoms with Crippen LogP contribution in [0.15, 0.2) is 65.5 Å². The first-order valence-electron chi connectivity index (χ1n) is 11.0. The molecule has 2 heterocycles. The van der Waals surface area contributed by atoms with Crippen LogP contribution < -0.4 is 24.3 Å². The molecule has 0 saturated carbocycles. The highest BCUT2D eigenvalue weighted by Crippen LogP contribution is 2.28. The summed E-state index contributed by atoms with van der Waals surface area (Å²) in [7, 11) is 1.60. The normalized spacial score (nSPS) is 11.9. The van der Waals surface area contributed by atoms with Crippen LogP contribution in [0.1, 0.15) is 16.7 Å². The van der Waals surface area contributed by atoms with Crippen LogP contribution in [0.3, 0.4) is 0 Å². The van der Waals surface area contributed by atoms with Crippen LogP contribution in [0.25, 0.3) is 22.1 Å². The molecule has 172 valence electrons. The monoisotopic (exact) mass is 472 g/mol. The molecule has 0 unspecified atom stereocenters. The van der Waals surface area contributed by atoms with Crippen LogP contribution in [0.2, 0.25) is 0 Å². The van der Waals surface area contributed by atoms with Crippen molar-refractivity contribution in [1.29, 1.82) is 0 Å². The van der Waals surface area contributed by atoms with Gasteiger partial charge in [-0.3, -0.25) is 4.79 Å². The lowest BCUT2D eigenvalue weighted by molar-refractivity contribution is 0.210. The molecule has 0 aliphatic carbocycles. The number of fused-ring (bicyclic) bond motifs is 3. The summed E-state index contributed by atoms with van der Waals surface area (Å²) in [6.07, 6.45) is 1.85. The molecule has 0 fully saturated rings. The third-order valence-electron chi connectivity index (χ3n) is 5.57. The molecule has 0 N–H and O–H groups in total. The fraction of sp³-hybridized carbons (Fsp3) is 0.185. The van der Waals surface area contributed by atoms with Gasteiger partial charge in [0.1, 0.15) is 19.0 Å². The van der Waals surface area contributed by atoms with Gasteiger partial charge < -0.3 is 14.2 Å². The van der Waals surface area contributed by atoms with Crippen LogP contribution in [-0.2, 0) is 0 Å². The minimum absolute atomic E-state index is 0.0726. The number of methoxy groups -OCH3 is 1. The molecule has 2 aromatic heterocycles. The minimum Gasteiger partial charge on any atom is -0.493 e. The van der Waals surface area contributed by atoms with Crippen molar-refractivity contribution >= 4 is 33.4 Å². The van der Waals surface area contributed by atoms with E-state index in [1.165, 1.54) is 11.3 Å². The van der Waals surface area contributed by atoms with E-state index in [2.05, 4.69) is 11.1 Å². The summed E-state index contributed by atoms with van der Waals surface area (Å²) < 4.78 is 19.6. The maximum Gasteiger partial charge on any atom is 0.274 e. The highest BCUT2D eigenvalue weighted by molar-refractivity contribution is 7.15. The van der Waals surface area contributed by atoms with Crippen LogP contribution >= 0.6 is 11.3 Å². The van der Waals surface area contributed by atoms with Crippen molar-refractivity contribution in [3.8, 4) is 17.2 Å². The van der Waals surface area contributed by atoms with E-state index >= 15 is 0 Å². The molecular weight excluding hydrogens is 448 g/mol. The Balaban J connectivity index is 1.33. The second-order valence-corrected chi connectivity index (χ2v) is 9.02. The molecule has 6 nitrogen and oxygen atoms in total. The van der Waals surface area contributed by atoms with Gasteiger partial charge in [0, 0.05) is 0 Å². The first-order chi connectivity index (χ1) is 16.5. The summed E-state index contributed by atoms with van der Waals surface area (Å²) in [4.78, 5) is 18.3. The Kier molecular flexibility index (Phi) is 5.94. The summed E-state index contributed by atoms with van der Waals surface area (Å²) >= 11 is 1.37. The topological polar surface area (TPSA) is 62.1 Å². The third-order valence-corrected chi connectivity index (χ3v) is 6.54. The van der Waals surface area contributed by atoms with Crippen molar-refractivity contribution < 1.29 is 14.2 Å².